The molecule has 0 fully saturated rings. The predicted molar refractivity (Wildman–Crippen MR) is 106 cm³/mol. The van der Waals surface area contributed by atoms with E-state index in [1.807, 2.05) is 11.9 Å². The summed E-state index contributed by atoms with van der Waals surface area (Å²) in [7, 11) is 1.82. The number of carbonyl (C=O) groups is 1. The second-order valence-electron chi connectivity index (χ2n) is 6.50. The second kappa shape index (κ2) is 6.29. The van der Waals surface area contributed by atoms with Gasteiger partial charge in [0.05, 0.1) is 14.6 Å². The van der Waals surface area contributed by atoms with Gasteiger partial charge in [0, 0.05) is 44.8 Å². The number of hydrogen-bond donors (Lipinski definition) is 1. The lowest BCUT2D eigenvalue weighted by molar-refractivity contribution is -0.134. The number of hydrogen-bond acceptors (Lipinski definition) is 2. The lowest BCUT2D eigenvalue weighted by Crippen LogP contribution is -2.47. The van der Waals surface area contributed by atoms with Crippen LogP contribution in [0.4, 0.5) is 0 Å². The van der Waals surface area contributed by atoms with Crippen LogP contribution in [0.25, 0.3) is 16.5 Å². The molecule has 2 aromatic rings. The van der Waals surface area contributed by atoms with Crippen LogP contribution in [0.2, 0.25) is 0 Å². The van der Waals surface area contributed by atoms with Crippen LogP contribution in [0.5, 0.6) is 0 Å². The molecule has 4 rings (SSSR count). The first kappa shape index (κ1) is 9.38. The maximum Gasteiger partial charge on any atom is 0.230 e. The van der Waals surface area contributed by atoms with Gasteiger partial charge in [-0.25, -0.2) is 0 Å². The molecule has 1 aliphatic heterocycles. The molecule has 0 spiro atoms. The van der Waals surface area contributed by atoms with Crippen LogP contribution in [0.1, 0.15) is 37.2 Å². The van der Waals surface area contributed by atoms with Gasteiger partial charge in [0.25, 0.3) is 0 Å². The minimum absolute atomic E-state index is 0.0759. The Hall–Kier alpha value is -1.59. The number of H-pyrrole nitrogens is 1. The molecule has 0 unspecified atom stereocenters. The summed E-state index contributed by atoms with van der Waals surface area (Å²) in [6.45, 7) is -6.13. The van der Waals surface area contributed by atoms with Gasteiger partial charge in [-0.15, -0.1) is 0 Å². The summed E-state index contributed by atoms with van der Waals surface area (Å²) in [6, 6.07) is -0.602. The quantitative estimate of drug-likeness (QED) is 0.837. The fraction of sp³-hybridized carbons (Fsp3) is 0.450. The van der Waals surface area contributed by atoms with Gasteiger partial charge in [0.2, 0.25) is 5.91 Å². The summed E-state index contributed by atoms with van der Waals surface area (Å²) in [5.74, 6) is -1.42. The Morgan fingerprint density at radius 1 is 1.48 bits per heavy atom. The van der Waals surface area contributed by atoms with Crippen LogP contribution in [-0.4, -0.2) is 53.4 Å². The van der Waals surface area contributed by atoms with Crippen LogP contribution in [0.3, 0.4) is 0 Å². The summed E-state index contributed by atoms with van der Waals surface area (Å²) in [6.07, 6.45) is 2.25. The number of aromatic nitrogens is 1. The Kier molecular flexibility index (Phi) is 2.36. The van der Waals surface area contributed by atoms with Gasteiger partial charge in [0.15, 0.2) is 0 Å². The molecule has 1 N–H and O–H groups in total. The van der Waals surface area contributed by atoms with E-state index < -0.39 is 38.6 Å². The normalized spacial score (nSPS) is 28.9. The molecule has 0 saturated heterocycles. The summed E-state index contributed by atoms with van der Waals surface area (Å²) < 4.78 is 71.2. The first-order valence-electron chi connectivity index (χ1n) is 12.6. The number of aromatic amines is 1. The fourth-order valence-corrected chi connectivity index (χ4v) is 4.42. The molecule has 0 saturated carbocycles. The highest BCUT2D eigenvalue weighted by Crippen LogP contribution is 2.43. The van der Waals surface area contributed by atoms with E-state index in [1.165, 1.54) is 0 Å². The van der Waals surface area contributed by atoms with Gasteiger partial charge >= 0.3 is 0 Å². The molecule has 5 heteroatoms. The maximum atomic E-state index is 13.4. The average Bonchev–Trinajstić information content (AvgIpc) is 3.03. The molecule has 1 aliphatic carbocycles. The smallest absolute Gasteiger partial charge is 0.230 e. The molecule has 4 nitrogen and oxygen atoms in total. The molecule has 2 atom stereocenters. The lowest BCUT2D eigenvalue weighted by Gasteiger charge is -2.40. The third-order valence-corrected chi connectivity index (χ3v) is 5.81. The van der Waals surface area contributed by atoms with Crippen molar-refractivity contribution in [1.82, 2.24) is 14.8 Å². The number of fused-ring (bicyclic) bond motifs is 2. The SMILES string of the molecule is [2H]c1c([2H])c2c3c(c(Br)[nH]c3c1[2H])C[C@@H]1C2=C[C@@H](C(=O)N(CC([2H])([2H])[2H])CC([2H])([2H])[2H])CN1C. The molecule has 0 radical (unpaired) electrons. The number of nitrogens with zero attached hydrogens (tertiary/aromatic N) is 2. The molecular weight excluding hydrogens is 378 g/mol. The van der Waals surface area contributed by atoms with Gasteiger partial charge in [-0.05, 0) is 65.8 Å². The van der Waals surface area contributed by atoms with Crippen molar-refractivity contribution in [1.29, 1.82) is 0 Å². The van der Waals surface area contributed by atoms with Crippen molar-refractivity contribution >= 4 is 38.3 Å². The minimum Gasteiger partial charge on any atom is -0.349 e. The average molecular weight is 411 g/mol. The van der Waals surface area contributed by atoms with E-state index in [4.69, 9.17) is 12.3 Å². The molecule has 1 aromatic carbocycles. The zero-order valence-electron chi connectivity index (χ0n) is 22.7. The van der Waals surface area contributed by atoms with Gasteiger partial charge in [-0.3, -0.25) is 9.69 Å². The van der Waals surface area contributed by atoms with Gasteiger partial charge in [-0.2, -0.15) is 0 Å². The van der Waals surface area contributed by atoms with Crippen LogP contribution >= 0.6 is 15.9 Å². The van der Waals surface area contributed by atoms with E-state index >= 15 is 0 Å². The molecule has 2 heterocycles. The molecule has 2 aliphatic rings. The van der Waals surface area contributed by atoms with Crippen LogP contribution < -0.4 is 0 Å². The minimum atomic E-state index is -2.51. The topological polar surface area (TPSA) is 39.3 Å². The van der Waals surface area contributed by atoms with Crippen molar-refractivity contribution < 1.29 is 17.1 Å². The molecule has 132 valence electrons. The highest BCUT2D eigenvalue weighted by Gasteiger charge is 2.37. The summed E-state index contributed by atoms with van der Waals surface area (Å²) >= 11 is 3.50. The largest absolute Gasteiger partial charge is 0.349 e. The highest BCUT2D eigenvalue weighted by molar-refractivity contribution is 9.10. The van der Waals surface area contributed by atoms with Crippen LogP contribution in [0.15, 0.2) is 28.8 Å². The van der Waals surface area contributed by atoms with Crippen molar-refractivity contribution in [3.05, 3.63) is 39.9 Å². The van der Waals surface area contributed by atoms with Crippen LogP contribution in [0, 0.1) is 5.92 Å². The third kappa shape index (κ3) is 2.56. The number of carbonyl (C=O) groups excluding carboxylic acids is 1. The van der Waals surface area contributed by atoms with E-state index in [9.17, 15) is 4.79 Å². The Balaban J connectivity index is 1.83. The van der Waals surface area contributed by atoms with Crippen molar-refractivity contribution in [2.45, 2.75) is 26.2 Å². The summed E-state index contributed by atoms with van der Waals surface area (Å²) in [4.78, 5) is 19.3. The Morgan fingerprint density at radius 3 is 3.04 bits per heavy atom. The lowest BCUT2D eigenvalue weighted by atomic mass is 9.79. The summed E-state index contributed by atoms with van der Waals surface area (Å²) in [5, 5.41) is 0.670. The predicted octanol–water partition coefficient (Wildman–Crippen LogP) is 3.67. The van der Waals surface area contributed by atoms with Crippen molar-refractivity contribution in [3.8, 4) is 0 Å². The van der Waals surface area contributed by atoms with E-state index in [2.05, 4.69) is 20.9 Å². The number of halogens is 1. The zero-order valence-corrected chi connectivity index (χ0v) is 15.3. The fourth-order valence-electron chi connectivity index (χ4n) is 3.87. The van der Waals surface area contributed by atoms with Gasteiger partial charge in [-0.1, -0.05) is 18.2 Å². The zero-order chi connectivity index (χ0) is 25.3. The molecule has 25 heavy (non-hydrogen) atoms. The van der Waals surface area contributed by atoms with Crippen LogP contribution in [-0.2, 0) is 11.2 Å². The van der Waals surface area contributed by atoms with E-state index in [0.29, 0.717) is 33.1 Å². The standard InChI is InChI=1S/C20H24BrN3O/c1-4-24(5-2)20(25)12-9-14-13-7-6-8-16-18(13)15(19(21)22-16)10-17(14)23(3)11-12/h6-9,12,17,22H,4-5,10-11H2,1-3H3/t12-,17-/m1/s1/i1D3,2D3,6D,7D,8D. The van der Waals surface area contributed by atoms with Crippen molar-refractivity contribution in [2.24, 2.45) is 5.92 Å². The Labute approximate surface area is 169 Å². The number of amides is 1. The first-order chi connectivity index (χ1) is 15.6. The molecule has 0 bridgehead atoms. The highest BCUT2D eigenvalue weighted by atomic mass is 79.9. The van der Waals surface area contributed by atoms with Gasteiger partial charge < -0.3 is 9.88 Å². The second-order valence-corrected chi connectivity index (χ2v) is 7.29. The van der Waals surface area contributed by atoms with Crippen molar-refractivity contribution in [2.75, 3.05) is 26.7 Å². The van der Waals surface area contributed by atoms with E-state index in [-0.39, 0.29) is 30.7 Å². The monoisotopic (exact) mass is 410 g/mol. The van der Waals surface area contributed by atoms with E-state index in [1.54, 1.807) is 6.08 Å². The van der Waals surface area contributed by atoms with E-state index in [0.717, 1.165) is 10.5 Å². The molecule has 1 aromatic heterocycles. The molecular formula is C20H24BrN3O. The van der Waals surface area contributed by atoms with Gasteiger partial charge in [0.1, 0.15) is 0 Å². The summed E-state index contributed by atoms with van der Waals surface area (Å²) in [5.41, 5.74) is 2.49. The molecule has 1 amide bonds. The number of nitrogens with one attached hydrogen (secondary N) is 1. The Bertz CT molecular complexity index is 1190. The maximum absolute atomic E-state index is 13.4. The number of rotatable bonds is 3. The number of likely N-dealkylation sites (N-methyl/N-ethyl adjacent to an activating group) is 1. The van der Waals surface area contributed by atoms with Crippen molar-refractivity contribution in [3.63, 3.8) is 0 Å². The number of benzene rings is 1. The first-order valence-corrected chi connectivity index (χ1v) is 8.89. The Morgan fingerprint density at radius 2 is 2.28 bits per heavy atom. The third-order valence-electron chi connectivity index (χ3n) is 5.13.